The maximum Gasteiger partial charge on any atom is 0.137 e. The zero-order valence-electron chi connectivity index (χ0n) is 10.0. The maximum absolute atomic E-state index is 10.8. The minimum Gasteiger partial charge on any atom is -0.495 e. The van der Waals surface area contributed by atoms with Crippen LogP contribution in [-0.2, 0) is 5.60 Å². The third-order valence-corrected chi connectivity index (χ3v) is 3.99. The fourth-order valence-electron chi connectivity index (χ4n) is 3.14. The molecule has 4 heteroatoms. The largest absolute Gasteiger partial charge is 0.495 e. The Morgan fingerprint density at radius 2 is 2.06 bits per heavy atom. The minimum atomic E-state index is -0.737. The molecule has 0 spiro atoms. The maximum atomic E-state index is 10.8. The zero-order valence-corrected chi connectivity index (χ0v) is 10.0. The van der Waals surface area contributed by atoms with E-state index in [1.54, 1.807) is 19.5 Å². The molecule has 17 heavy (non-hydrogen) atoms. The third kappa shape index (κ3) is 1.91. The molecule has 2 atom stereocenters. The lowest BCUT2D eigenvalue weighted by atomic mass is 9.82. The molecular formula is C13H18N2O2. The monoisotopic (exact) mass is 234 g/mol. The summed E-state index contributed by atoms with van der Waals surface area (Å²) in [6, 6.07) is 2.80. The molecule has 0 aliphatic carbocycles. The standard InChI is InChI=1S/C13H18N2O2/c1-17-12-4-9(7-14-8-12)13(16)5-10-2-3-11(6-13)15-10/h4,7-8,10-11,15-16H,2-3,5-6H2,1H3. The van der Waals surface area contributed by atoms with Gasteiger partial charge in [-0.05, 0) is 31.7 Å². The first-order chi connectivity index (χ1) is 8.19. The average Bonchev–Trinajstić information content (AvgIpc) is 2.69. The Hall–Kier alpha value is -1.13. The molecule has 2 aliphatic heterocycles. The molecule has 3 heterocycles. The Labute approximate surface area is 101 Å². The Morgan fingerprint density at radius 1 is 1.35 bits per heavy atom. The molecule has 2 N–H and O–H groups in total. The van der Waals surface area contributed by atoms with E-state index in [0.29, 0.717) is 17.8 Å². The number of fused-ring (bicyclic) bond motifs is 2. The van der Waals surface area contributed by atoms with E-state index in [9.17, 15) is 5.11 Å². The van der Waals surface area contributed by atoms with E-state index in [2.05, 4.69) is 10.3 Å². The van der Waals surface area contributed by atoms with Crippen LogP contribution < -0.4 is 10.1 Å². The normalized spacial score (nSPS) is 35.9. The van der Waals surface area contributed by atoms with Crippen molar-refractivity contribution in [3.63, 3.8) is 0 Å². The van der Waals surface area contributed by atoms with Gasteiger partial charge in [-0.3, -0.25) is 4.98 Å². The molecule has 0 amide bonds. The van der Waals surface area contributed by atoms with Crippen LogP contribution in [0.25, 0.3) is 0 Å². The van der Waals surface area contributed by atoms with Crippen LogP contribution in [0, 0.1) is 0 Å². The molecule has 2 unspecified atom stereocenters. The van der Waals surface area contributed by atoms with Crippen LogP contribution in [0.1, 0.15) is 31.2 Å². The van der Waals surface area contributed by atoms with Crippen LogP contribution >= 0.6 is 0 Å². The number of methoxy groups -OCH3 is 1. The summed E-state index contributed by atoms with van der Waals surface area (Å²) in [5.74, 6) is 0.710. The van der Waals surface area contributed by atoms with Gasteiger partial charge in [0.15, 0.2) is 0 Å². The van der Waals surface area contributed by atoms with Gasteiger partial charge in [0.2, 0.25) is 0 Å². The first-order valence-electron chi connectivity index (χ1n) is 6.17. The topological polar surface area (TPSA) is 54.4 Å². The van der Waals surface area contributed by atoms with E-state index in [1.165, 1.54) is 12.8 Å². The van der Waals surface area contributed by atoms with Gasteiger partial charge in [-0.2, -0.15) is 0 Å². The van der Waals surface area contributed by atoms with Crippen LogP contribution in [-0.4, -0.2) is 29.3 Å². The Balaban J connectivity index is 1.91. The highest BCUT2D eigenvalue weighted by Gasteiger charge is 2.43. The van der Waals surface area contributed by atoms with Gasteiger partial charge in [-0.1, -0.05) is 0 Å². The molecule has 1 aromatic heterocycles. The summed E-state index contributed by atoms with van der Waals surface area (Å²) in [5.41, 5.74) is 0.147. The smallest absolute Gasteiger partial charge is 0.137 e. The number of aromatic nitrogens is 1. The van der Waals surface area contributed by atoms with Gasteiger partial charge in [-0.25, -0.2) is 0 Å². The summed E-state index contributed by atoms with van der Waals surface area (Å²) in [5, 5.41) is 14.3. The number of piperidine rings is 1. The van der Waals surface area contributed by atoms with Crippen LogP contribution in [0.15, 0.2) is 18.5 Å². The fourth-order valence-corrected chi connectivity index (χ4v) is 3.14. The molecule has 0 aromatic carbocycles. The molecule has 0 saturated carbocycles. The molecule has 2 bridgehead atoms. The van der Waals surface area contributed by atoms with Crippen molar-refractivity contribution in [2.75, 3.05) is 7.11 Å². The highest BCUT2D eigenvalue weighted by atomic mass is 16.5. The molecular weight excluding hydrogens is 216 g/mol. The quantitative estimate of drug-likeness (QED) is 0.807. The number of ether oxygens (including phenoxy) is 1. The van der Waals surface area contributed by atoms with E-state index >= 15 is 0 Å². The van der Waals surface area contributed by atoms with Crippen molar-refractivity contribution in [2.45, 2.75) is 43.4 Å². The molecule has 4 nitrogen and oxygen atoms in total. The molecule has 92 valence electrons. The van der Waals surface area contributed by atoms with Crippen molar-refractivity contribution in [1.82, 2.24) is 10.3 Å². The van der Waals surface area contributed by atoms with Crippen molar-refractivity contribution in [3.05, 3.63) is 24.0 Å². The molecule has 2 saturated heterocycles. The van der Waals surface area contributed by atoms with Gasteiger partial charge < -0.3 is 15.2 Å². The number of nitrogens with zero attached hydrogens (tertiary/aromatic N) is 1. The van der Waals surface area contributed by atoms with Crippen molar-refractivity contribution in [2.24, 2.45) is 0 Å². The van der Waals surface area contributed by atoms with Crippen LogP contribution in [0.2, 0.25) is 0 Å². The van der Waals surface area contributed by atoms with E-state index in [-0.39, 0.29) is 0 Å². The van der Waals surface area contributed by atoms with Crippen molar-refractivity contribution < 1.29 is 9.84 Å². The molecule has 1 aromatic rings. The summed E-state index contributed by atoms with van der Waals surface area (Å²) < 4.78 is 5.17. The van der Waals surface area contributed by atoms with Crippen LogP contribution in [0.5, 0.6) is 5.75 Å². The predicted octanol–water partition coefficient (Wildman–Crippen LogP) is 1.19. The predicted molar refractivity (Wildman–Crippen MR) is 63.9 cm³/mol. The highest BCUT2D eigenvalue weighted by molar-refractivity contribution is 5.29. The first kappa shape index (κ1) is 11.0. The van der Waals surface area contributed by atoms with Crippen LogP contribution in [0.4, 0.5) is 0 Å². The Kier molecular flexibility index (Phi) is 2.56. The molecule has 0 radical (unpaired) electrons. The number of pyridine rings is 1. The van der Waals surface area contributed by atoms with Crippen LogP contribution in [0.3, 0.4) is 0 Å². The lowest BCUT2D eigenvalue weighted by molar-refractivity contribution is -0.0119. The van der Waals surface area contributed by atoms with E-state index in [4.69, 9.17) is 4.74 Å². The average molecular weight is 234 g/mol. The van der Waals surface area contributed by atoms with Gasteiger partial charge in [0.05, 0.1) is 18.9 Å². The Morgan fingerprint density at radius 3 is 2.71 bits per heavy atom. The SMILES string of the molecule is COc1cncc(C2(O)CC3CCC(C2)N3)c1. The minimum absolute atomic E-state index is 0.449. The second-order valence-electron chi connectivity index (χ2n) is 5.19. The molecule has 2 aliphatic rings. The van der Waals surface area contributed by atoms with Gasteiger partial charge in [0, 0.05) is 23.8 Å². The van der Waals surface area contributed by atoms with Gasteiger partial charge in [0.25, 0.3) is 0 Å². The van der Waals surface area contributed by atoms with Crippen molar-refractivity contribution >= 4 is 0 Å². The zero-order chi connectivity index (χ0) is 11.9. The number of rotatable bonds is 2. The second-order valence-corrected chi connectivity index (χ2v) is 5.19. The summed E-state index contributed by atoms with van der Waals surface area (Å²) in [7, 11) is 1.62. The fraction of sp³-hybridized carbons (Fsp3) is 0.615. The lowest BCUT2D eigenvalue weighted by Gasteiger charge is -2.37. The number of hydrogen-bond donors (Lipinski definition) is 2. The number of aliphatic hydroxyl groups is 1. The van der Waals surface area contributed by atoms with Gasteiger partial charge in [-0.15, -0.1) is 0 Å². The first-order valence-corrected chi connectivity index (χ1v) is 6.17. The summed E-state index contributed by atoms with van der Waals surface area (Å²) >= 11 is 0. The van der Waals surface area contributed by atoms with E-state index < -0.39 is 5.60 Å². The molecule has 3 rings (SSSR count). The lowest BCUT2D eigenvalue weighted by Crippen LogP contribution is -2.46. The van der Waals surface area contributed by atoms with Gasteiger partial charge in [0.1, 0.15) is 5.75 Å². The van der Waals surface area contributed by atoms with E-state index in [0.717, 1.165) is 18.4 Å². The second kappa shape index (κ2) is 3.96. The van der Waals surface area contributed by atoms with Gasteiger partial charge >= 0.3 is 0 Å². The highest BCUT2D eigenvalue weighted by Crippen LogP contribution is 2.40. The summed E-state index contributed by atoms with van der Waals surface area (Å²) in [4.78, 5) is 4.14. The van der Waals surface area contributed by atoms with Crippen molar-refractivity contribution in [3.8, 4) is 5.75 Å². The Bertz CT molecular complexity index is 410. The summed E-state index contributed by atoms with van der Waals surface area (Å²) in [6.45, 7) is 0. The molecule has 2 fully saturated rings. The van der Waals surface area contributed by atoms with E-state index in [1.807, 2.05) is 6.07 Å². The number of nitrogens with one attached hydrogen (secondary N) is 1. The number of hydrogen-bond acceptors (Lipinski definition) is 4. The third-order valence-electron chi connectivity index (χ3n) is 3.99. The summed E-state index contributed by atoms with van der Waals surface area (Å²) in [6.07, 6.45) is 7.32. The van der Waals surface area contributed by atoms with Crippen molar-refractivity contribution in [1.29, 1.82) is 0 Å².